The van der Waals surface area contributed by atoms with Gasteiger partial charge in [-0.15, -0.1) is 0 Å². The molecule has 3 heteroatoms. The third-order valence-electron chi connectivity index (χ3n) is 1.79. The highest BCUT2D eigenvalue weighted by molar-refractivity contribution is 5.98. The van der Waals surface area contributed by atoms with E-state index in [9.17, 15) is 9.59 Å². The van der Waals surface area contributed by atoms with Gasteiger partial charge < -0.3 is 4.74 Å². The van der Waals surface area contributed by atoms with E-state index in [0.717, 1.165) is 0 Å². The second kappa shape index (κ2) is 5.69. The van der Waals surface area contributed by atoms with Crippen LogP contribution >= 0.6 is 0 Å². The number of Topliss-reactive ketones (excluding diaryl/α,β-unsaturated/α-hetero) is 1. The molecule has 3 nitrogen and oxygen atoms in total. The van der Waals surface area contributed by atoms with Gasteiger partial charge in [0.15, 0.2) is 0 Å². The number of hydrogen-bond donors (Lipinski definition) is 0. The van der Waals surface area contributed by atoms with Crippen molar-refractivity contribution in [1.82, 2.24) is 0 Å². The molecule has 0 aromatic carbocycles. The van der Waals surface area contributed by atoms with Gasteiger partial charge in [-0.05, 0) is 41.0 Å². The monoisotopic (exact) mass is 212 g/mol. The van der Waals surface area contributed by atoms with E-state index < -0.39 is 17.5 Å². The molecule has 15 heavy (non-hydrogen) atoms. The first kappa shape index (κ1) is 13.9. The van der Waals surface area contributed by atoms with E-state index in [-0.39, 0.29) is 5.78 Å². The van der Waals surface area contributed by atoms with E-state index >= 15 is 0 Å². The summed E-state index contributed by atoms with van der Waals surface area (Å²) in [5.41, 5.74) is -0.541. The van der Waals surface area contributed by atoms with Crippen LogP contribution in [0.15, 0.2) is 12.2 Å². The maximum absolute atomic E-state index is 11.6. The third-order valence-corrected chi connectivity index (χ3v) is 1.79. The fourth-order valence-corrected chi connectivity index (χ4v) is 1.07. The van der Waals surface area contributed by atoms with Crippen LogP contribution in [0.25, 0.3) is 0 Å². The van der Waals surface area contributed by atoms with Crippen molar-refractivity contribution in [1.29, 1.82) is 0 Å². The molecule has 0 saturated heterocycles. The first-order valence-electron chi connectivity index (χ1n) is 5.12. The lowest BCUT2D eigenvalue weighted by molar-refractivity contribution is -0.161. The summed E-state index contributed by atoms with van der Waals surface area (Å²) in [7, 11) is 0. The average Bonchev–Trinajstić information content (AvgIpc) is 2.00. The Hall–Kier alpha value is -1.12. The van der Waals surface area contributed by atoms with Gasteiger partial charge in [0, 0.05) is 0 Å². The fourth-order valence-electron chi connectivity index (χ4n) is 1.07. The summed E-state index contributed by atoms with van der Waals surface area (Å²) in [5.74, 6) is -1.25. The van der Waals surface area contributed by atoms with Crippen molar-refractivity contribution in [2.24, 2.45) is 5.92 Å². The number of carbonyl (C=O) groups is 2. The predicted octanol–water partition coefficient (Wildman–Crippen LogP) is 2.50. The summed E-state index contributed by atoms with van der Waals surface area (Å²) in [5, 5.41) is 0. The minimum absolute atomic E-state index is 0.151. The Morgan fingerprint density at radius 3 is 2.20 bits per heavy atom. The summed E-state index contributed by atoms with van der Waals surface area (Å²) in [6.07, 6.45) is 4.04. The van der Waals surface area contributed by atoms with Crippen LogP contribution in [-0.4, -0.2) is 17.4 Å². The topological polar surface area (TPSA) is 43.4 Å². The maximum atomic E-state index is 11.6. The van der Waals surface area contributed by atoms with Crippen LogP contribution in [0.2, 0.25) is 0 Å². The normalized spacial score (nSPS) is 13.9. The number of hydrogen-bond acceptors (Lipinski definition) is 3. The van der Waals surface area contributed by atoms with Crippen molar-refractivity contribution in [3.8, 4) is 0 Å². The number of ketones is 1. The molecule has 0 aromatic rings. The van der Waals surface area contributed by atoms with Gasteiger partial charge in [-0.1, -0.05) is 12.2 Å². The lowest BCUT2D eigenvalue weighted by Gasteiger charge is -2.22. The molecule has 0 aliphatic carbocycles. The van der Waals surface area contributed by atoms with Crippen LogP contribution < -0.4 is 0 Å². The van der Waals surface area contributed by atoms with Gasteiger partial charge in [0.2, 0.25) is 0 Å². The molecular formula is C12H20O3. The van der Waals surface area contributed by atoms with Crippen LogP contribution in [0.3, 0.4) is 0 Å². The number of esters is 1. The van der Waals surface area contributed by atoms with Gasteiger partial charge in [0.05, 0.1) is 0 Å². The van der Waals surface area contributed by atoms with Crippen molar-refractivity contribution >= 4 is 11.8 Å². The Balaban J connectivity index is 4.50. The maximum Gasteiger partial charge on any atom is 0.317 e. The predicted molar refractivity (Wildman–Crippen MR) is 59.4 cm³/mol. The van der Waals surface area contributed by atoms with Crippen molar-refractivity contribution in [2.45, 2.75) is 46.6 Å². The van der Waals surface area contributed by atoms with Gasteiger partial charge in [-0.2, -0.15) is 0 Å². The summed E-state index contributed by atoms with van der Waals surface area (Å²) in [6.45, 7) is 8.64. The zero-order valence-corrected chi connectivity index (χ0v) is 10.2. The standard InChI is InChI=1S/C12H20O3/c1-6-7-8-10(9(2)13)11(14)15-12(3,4)5/h6-7,10H,8H2,1-5H3. The molecule has 0 N–H and O–H groups in total. The van der Waals surface area contributed by atoms with Crippen LogP contribution in [0.4, 0.5) is 0 Å². The second-order valence-electron chi connectivity index (χ2n) is 4.50. The first-order chi connectivity index (χ1) is 6.78. The lowest BCUT2D eigenvalue weighted by Crippen LogP contribution is -2.31. The molecule has 0 aliphatic heterocycles. The Morgan fingerprint density at radius 1 is 1.33 bits per heavy atom. The van der Waals surface area contributed by atoms with E-state index in [4.69, 9.17) is 4.74 Å². The highest BCUT2D eigenvalue weighted by atomic mass is 16.6. The van der Waals surface area contributed by atoms with Gasteiger partial charge >= 0.3 is 5.97 Å². The van der Waals surface area contributed by atoms with E-state index in [1.165, 1.54) is 6.92 Å². The molecule has 0 fully saturated rings. The van der Waals surface area contributed by atoms with E-state index in [0.29, 0.717) is 6.42 Å². The van der Waals surface area contributed by atoms with Crippen molar-refractivity contribution in [2.75, 3.05) is 0 Å². The molecular weight excluding hydrogens is 192 g/mol. The molecule has 0 aliphatic rings. The Labute approximate surface area is 91.5 Å². The average molecular weight is 212 g/mol. The summed E-state index contributed by atoms with van der Waals surface area (Å²) in [6, 6.07) is 0. The molecule has 0 heterocycles. The van der Waals surface area contributed by atoms with Crippen molar-refractivity contribution in [3.05, 3.63) is 12.2 Å². The molecule has 0 rings (SSSR count). The number of allylic oxidation sites excluding steroid dienone is 2. The van der Waals surface area contributed by atoms with E-state index in [1.807, 2.05) is 13.0 Å². The number of carbonyl (C=O) groups excluding carboxylic acids is 2. The van der Waals surface area contributed by atoms with Gasteiger partial charge in [0.25, 0.3) is 0 Å². The molecule has 0 saturated carbocycles. The molecule has 0 amide bonds. The SMILES string of the molecule is CC=CCC(C(C)=O)C(=O)OC(C)(C)C. The summed E-state index contributed by atoms with van der Waals surface area (Å²) >= 11 is 0. The molecule has 1 unspecified atom stereocenters. The quantitative estimate of drug-likeness (QED) is 0.408. The Morgan fingerprint density at radius 2 is 1.87 bits per heavy atom. The molecule has 0 aromatic heterocycles. The van der Waals surface area contributed by atoms with Crippen LogP contribution in [0.5, 0.6) is 0 Å². The highest BCUT2D eigenvalue weighted by Crippen LogP contribution is 2.15. The zero-order chi connectivity index (χ0) is 12.1. The van der Waals surface area contributed by atoms with Crippen molar-refractivity contribution < 1.29 is 14.3 Å². The minimum Gasteiger partial charge on any atom is -0.459 e. The second-order valence-corrected chi connectivity index (χ2v) is 4.50. The van der Waals surface area contributed by atoms with Crippen LogP contribution in [0, 0.1) is 5.92 Å². The van der Waals surface area contributed by atoms with Gasteiger partial charge in [-0.25, -0.2) is 0 Å². The largest absolute Gasteiger partial charge is 0.459 e. The number of rotatable bonds is 4. The molecule has 0 radical (unpaired) electrons. The Bertz CT molecular complexity index is 259. The molecule has 0 spiro atoms. The summed E-state index contributed by atoms with van der Waals surface area (Å²) in [4.78, 5) is 22.9. The molecule has 86 valence electrons. The fraction of sp³-hybridized carbons (Fsp3) is 0.667. The zero-order valence-electron chi connectivity index (χ0n) is 10.2. The van der Waals surface area contributed by atoms with Crippen LogP contribution in [-0.2, 0) is 14.3 Å². The van der Waals surface area contributed by atoms with Gasteiger partial charge in [-0.3, -0.25) is 9.59 Å². The first-order valence-corrected chi connectivity index (χ1v) is 5.12. The van der Waals surface area contributed by atoms with E-state index in [1.54, 1.807) is 26.8 Å². The highest BCUT2D eigenvalue weighted by Gasteiger charge is 2.27. The summed E-state index contributed by atoms with van der Waals surface area (Å²) < 4.78 is 5.16. The van der Waals surface area contributed by atoms with E-state index in [2.05, 4.69) is 0 Å². The Kier molecular flexibility index (Phi) is 5.26. The minimum atomic E-state index is -0.666. The third kappa shape index (κ3) is 6.05. The van der Waals surface area contributed by atoms with Crippen molar-refractivity contribution in [3.63, 3.8) is 0 Å². The van der Waals surface area contributed by atoms with Crippen LogP contribution in [0.1, 0.15) is 41.0 Å². The molecule has 0 bridgehead atoms. The molecule has 1 atom stereocenters. The number of ether oxygens (including phenoxy) is 1. The van der Waals surface area contributed by atoms with Gasteiger partial charge in [0.1, 0.15) is 17.3 Å². The lowest BCUT2D eigenvalue weighted by atomic mass is 10.0. The smallest absolute Gasteiger partial charge is 0.317 e.